The highest BCUT2D eigenvalue weighted by atomic mass is 16.5. The maximum atomic E-state index is 9.69. The summed E-state index contributed by atoms with van der Waals surface area (Å²) in [5.74, 6) is 0. The van der Waals surface area contributed by atoms with Crippen LogP contribution in [0, 0.1) is 0 Å². The highest BCUT2D eigenvalue weighted by Gasteiger charge is 2.18. The lowest BCUT2D eigenvalue weighted by molar-refractivity contribution is -0.0679. The van der Waals surface area contributed by atoms with Gasteiger partial charge in [0.1, 0.15) is 6.10 Å². The Bertz CT molecular complexity index is 130. The van der Waals surface area contributed by atoms with Crippen LogP contribution in [0.2, 0.25) is 0 Å². The van der Waals surface area contributed by atoms with E-state index >= 15 is 0 Å². The second-order valence-corrected chi connectivity index (χ2v) is 3.65. The minimum absolute atomic E-state index is 0.127. The van der Waals surface area contributed by atoms with Gasteiger partial charge in [-0.2, -0.15) is 0 Å². The average Bonchev–Trinajstić information content (AvgIpc) is 2.24. The number of methoxy groups -OCH3 is 1. The van der Waals surface area contributed by atoms with E-state index in [1.165, 1.54) is 0 Å². The van der Waals surface area contributed by atoms with Crippen LogP contribution in [0.3, 0.4) is 0 Å². The summed E-state index contributed by atoms with van der Waals surface area (Å²) in [5, 5.41) is 18.7. The van der Waals surface area contributed by atoms with E-state index in [0.717, 1.165) is 19.3 Å². The van der Waals surface area contributed by atoms with Crippen molar-refractivity contribution in [2.24, 2.45) is 0 Å². The predicted octanol–water partition coefficient (Wildman–Crippen LogP) is 0.952. The summed E-state index contributed by atoms with van der Waals surface area (Å²) >= 11 is 0. The van der Waals surface area contributed by atoms with Crippen molar-refractivity contribution in [3.05, 3.63) is 0 Å². The van der Waals surface area contributed by atoms with Gasteiger partial charge in [-0.05, 0) is 19.3 Å². The maximum absolute atomic E-state index is 9.69. The van der Waals surface area contributed by atoms with Gasteiger partial charge < -0.3 is 19.7 Å². The fourth-order valence-electron chi connectivity index (χ4n) is 1.29. The smallest absolute Gasteiger partial charge is 0.106 e. The topological polar surface area (TPSA) is 58.9 Å². The van der Waals surface area contributed by atoms with Gasteiger partial charge in [0.05, 0.1) is 12.7 Å². The van der Waals surface area contributed by atoms with Crippen LogP contribution in [0.1, 0.15) is 32.6 Å². The van der Waals surface area contributed by atoms with Gasteiger partial charge >= 0.3 is 0 Å². The van der Waals surface area contributed by atoms with Gasteiger partial charge in [-0.15, -0.1) is 0 Å². The first kappa shape index (κ1) is 14.8. The van der Waals surface area contributed by atoms with E-state index in [4.69, 9.17) is 14.6 Å². The van der Waals surface area contributed by atoms with Crippen molar-refractivity contribution in [2.45, 2.75) is 44.8 Å². The van der Waals surface area contributed by atoms with Crippen LogP contribution < -0.4 is 0 Å². The Kier molecular flexibility index (Phi) is 10.3. The zero-order chi connectivity index (χ0) is 11.5. The van der Waals surface area contributed by atoms with Gasteiger partial charge in [0, 0.05) is 20.3 Å². The molecule has 0 radical (unpaired) electrons. The molecule has 0 bridgehead atoms. The summed E-state index contributed by atoms with van der Waals surface area (Å²) in [4.78, 5) is 0. The molecule has 4 nitrogen and oxygen atoms in total. The molecule has 0 amide bonds. The first-order valence-electron chi connectivity index (χ1n) is 5.65. The third kappa shape index (κ3) is 7.73. The standard InChI is InChI=1S/C11H24O4/c1-3-4-8-15-11(9-12)10(13)6-5-7-14-2/h10-13H,3-9H2,1-2H3. The van der Waals surface area contributed by atoms with Crippen LogP contribution >= 0.6 is 0 Å². The number of aliphatic hydroxyl groups is 2. The van der Waals surface area contributed by atoms with Crippen molar-refractivity contribution in [3.63, 3.8) is 0 Å². The fraction of sp³-hybridized carbons (Fsp3) is 1.00. The molecule has 15 heavy (non-hydrogen) atoms. The maximum Gasteiger partial charge on any atom is 0.106 e. The van der Waals surface area contributed by atoms with E-state index in [1.807, 2.05) is 0 Å². The molecule has 2 N–H and O–H groups in total. The van der Waals surface area contributed by atoms with E-state index in [-0.39, 0.29) is 6.61 Å². The summed E-state index contributed by atoms with van der Waals surface area (Å²) in [6, 6.07) is 0. The van der Waals surface area contributed by atoms with E-state index < -0.39 is 12.2 Å². The summed E-state index contributed by atoms with van der Waals surface area (Å²) in [6.07, 6.45) is 2.35. The monoisotopic (exact) mass is 220 g/mol. The molecule has 2 unspecified atom stereocenters. The number of aliphatic hydroxyl groups excluding tert-OH is 2. The van der Waals surface area contributed by atoms with Gasteiger partial charge in [0.15, 0.2) is 0 Å². The summed E-state index contributed by atoms with van der Waals surface area (Å²) in [6.45, 7) is 3.18. The quantitative estimate of drug-likeness (QED) is 0.538. The van der Waals surface area contributed by atoms with Gasteiger partial charge in [-0.1, -0.05) is 13.3 Å². The zero-order valence-corrected chi connectivity index (χ0v) is 9.82. The largest absolute Gasteiger partial charge is 0.394 e. The number of unbranched alkanes of at least 4 members (excludes halogenated alkanes) is 1. The van der Waals surface area contributed by atoms with Gasteiger partial charge in [0.2, 0.25) is 0 Å². The predicted molar refractivity (Wildman–Crippen MR) is 58.9 cm³/mol. The highest BCUT2D eigenvalue weighted by Crippen LogP contribution is 2.07. The Labute approximate surface area is 92.2 Å². The van der Waals surface area contributed by atoms with E-state index in [2.05, 4.69) is 6.92 Å². The molecule has 4 heteroatoms. The second kappa shape index (κ2) is 10.4. The van der Waals surface area contributed by atoms with Crippen LogP contribution in [0.25, 0.3) is 0 Å². The van der Waals surface area contributed by atoms with Crippen molar-refractivity contribution in [1.82, 2.24) is 0 Å². The third-order valence-electron chi connectivity index (χ3n) is 2.29. The fourth-order valence-corrected chi connectivity index (χ4v) is 1.29. The highest BCUT2D eigenvalue weighted by molar-refractivity contribution is 4.68. The number of hydrogen-bond acceptors (Lipinski definition) is 4. The van der Waals surface area contributed by atoms with Crippen molar-refractivity contribution in [1.29, 1.82) is 0 Å². The van der Waals surface area contributed by atoms with E-state index in [1.54, 1.807) is 7.11 Å². The summed E-state index contributed by atoms with van der Waals surface area (Å²) < 4.78 is 10.3. The molecule has 0 saturated heterocycles. The molecular weight excluding hydrogens is 196 g/mol. The minimum Gasteiger partial charge on any atom is -0.394 e. The van der Waals surface area contributed by atoms with Crippen molar-refractivity contribution >= 4 is 0 Å². The van der Waals surface area contributed by atoms with E-state index in [9.17, 15) is 5.11 Å². The normalized spacial score (nSPS) is 15.2. The molecule has 0 fully saturated rings. The van der Waals surface area contributed by atoms with E-state index in [0.29, 0.717) is 19.6 Å². The molecule has 0 heterocycles. The number of hydrogen-bond donors (Lipinski definition) is 2. The first-order valence-corrected chi connectivity index (χ1v) is 5.65. The molecule has 0 aromatic carbocycles. The molecule has 0 aliphatic carbocycles. The summed E-state index contributed by atoms with van der Waals surface area (Å²) in [7, 11) is 1.63. The number of ether oxygens (including phenoxy) is 2. The van der Waals surface area contributed by atoms with Crippen LogP contribution in [-0.2, 0) is 9.47 Å². The molecule has 0 saturated carbocycles. The van der Waals surface area contributed by atoms with Crippen LogP contribution in [0.15, 0.2) is 0 Å². The third-order valence-corrected chi connectivity index (χ3v) is 2.29. The zero-order valence-electron chi connectivity index (χ0n) is 9.82. The van der Waals surface area contributed by atoms with Crippen molar-refractivity contribution in [3.8, 4) is 0 Å². The average molecular weight is 220 g/mol. The van der Waals surface area contributed by atoms with Crippen LogP contribution in [0.4, 0.5) is 0 Å². The lowest BCUT2D eigenvalue weighted by Gasteiger charge is -2.21. The van der Waals surface area contributed by atoms with Gasteiger partial charge in [-0.3, -0.25) is 0 Å². The molecule has 0 aromatic heterocycles. The molecule has 2 atom stereocenters. The Balaban J connectivity index is 3.62. The Hall–Kier alpha value is -0.160. The molecule has 0 spiro atoms. The molecule has 0 aromatic rings. The van der Waals surface area contributed by atoms with Gasteiger partial charge in [-0.25, -0.2) is 0 Å². The van der Waals surface area contributed by atoms with Crippen LogP contribution in [0.5, 0.6) is 0 Å². The van der Waals surface area contributed by atoms with Gasteiger partial charge in [0.25, 0.3) is 0 Å². The number of rotatable bonds is 10. The molecular formula is C11H24O4. The first-order chi connectivity index (χ1) is 7.26. The Morgan fingerprint density at radius 2 is 1.93 bits per heavy atom. The minimum atomic E-state index is -0.595. The SMILES string of the molecule is CCCCOC(CO)C(O)CCCOC. The van der Waals surface area contributed by atoms with Crippen LogP contribution in [-0.4, -0.2) is 49.4 Å². The summed E-state index contributed by atoms with van der Waals surface area (Å²) in [5.41, 5.74) is 0. The molecule has 0 rings (SSSR count). The molecule has 92 valence electrons. The van der Waals surface area contributed by atoms with Crippen molar-refractivity contribution < 1.29 is 19.7 Å². The molecule has 0 aliphatic rings. The Morgan fingerprint density at radius 3 is 2.47 bits per heavy atom. The Morgan fingerprint density at radius 1 is 1.20 bits per heavy atom. The van der Waals surface area contributed by atoms with Crippen molar-refractivity contribution in [2.75, 3.05) is 26.9 Å². The lowest BCUT2D eigenvalue weighted by Crippen LogP contribution is -2.33. The lowest BCUT2D eigenvalue weighted by atomic mass is 10.1. The second-order valence-electron chi connectivity index (χ2n) is 3.65. The molecule has 0 aliphatic heterocycles.